The van der Waals surface area contributed by atoms with Crippen molar-refractivity contribution in [2.75, 3.05) is 11.9 Å². The maximum absolute atomic E-state index is 11.9. The minimum Gasteiger partial charge on any atom is -0.351 e. The number of rotatable bonds is 7. The average Bonchev–Trinajstić information content (AvgIpc) is 3.10. The van der Waals surface area contributed by atoms with Crippen LogP contribution in [-0.2, 0) is 11.3 Å². The van der Waals surface area contributed by atoms with Gasteiger partial charge in [-0.05, 0) is 17.4 Å². The summed E-state index contributed by atoms with van der Waals surface area (Å²) < 4.78 is 1.77. The fraction of sp³-hybridized carbons (Fsp3) is 0.400. The number of anilines is 1. The Morgan fingerprint density at radius 3 is 2.86 bits per heavy atom. The second-order valence-electron chi connectivity index (χ2n) is 5.36. The highest BCUT2D eigenvalue weighted by atomic mass is 32.1. The van der Waals surface area contributed by atoms with Gasteiger partial charge in [-0.15, -0.1) is 0 Å². The fourth-order valence-corrected chi connectivity index (χ4v) is 2.56. The number of carbonyl (C=O) groups excluding carboxylic acids is 2. The van der Waals surface area contributed by atoms with Crippen molar-refractivity contribution >= 4 is 29.0 Å². The first-order valence-electron chi connectivity index (χ1n) is 7.18. The summed E-state index contributed by atoms with van der Waals surface area (Å²) in [5, 5.41) is 13.4. The number of thiophene rings is 1. The zero-order valence-corrected chi connectivity index (χ0v) is 13.5. The Morgan fingerprint density at radius 2 is 2.18 bits per heavy atom. The van der Waals surface area contributed by atoms with E-state index in [9.17, 15) is 9.59 Å². The van der Waals surface area contributed by atoms with E-state index in [0.29, 0.717) is 23.8 Å². The van der Waals surface area contributed by atoms with Crippen LogP contribution in [0.5, 0.6) is 0 Å². The molecule has 7 heteroatoms. The topological polar surface area (TPSA) is 76.0 Å². The fourth-order valence-electron chi connectivity index (χ4n) is 1.92. The summed E-state index contributed by atoms with van der Waals surface area (Å²) >= 11 is 1.47. The molecule has 0 unspecified atom stereocenters. The SMILES string of the molecule is CC(C)Cn1nccc1NC(=O)CCNC(=O)c1ccsc1. The Kier molecular flexibility index (Phi) is 5.71. The molecule has 118 valence electrons. The molecule has 22 heavy (non-hydrogen) atoms. The Hall–Kier alpha value is -2.15. The molecule has 0 aliphatic carbocycles. The number of nitrogens with one attached hydrogen (secondary N) is 2. The van der Waals surface area contributed by atoms with Gasteiger partial charge in [0.25, 0.3) is 5.91 Å². The van der Waals surface area contributed by atoms with E-state index < -0.39 is 0 Å². The maximum atomic E-state index is 11.9. The summed E-state index contributed by atoms with van der Waals surface area (Å²) in [6.07, 6.45) is 1.89. The lowest BCUT2D eigenvalue weighted by Crippen LogP contribution is -2.27. The van der Waals surface area contributed by atoms with Crippen LogP contribution in [0.2, 0.25) is 0 Å². The Labute approximate surface area is 133 Å². The Balaban J connectivity index is 1.76. The van der Waals surface area contributed by atoms with E-state index in [2.05, 4.69) is 29.6 Å². The number of hydrogen-bond donors (Lipinski definition) is 2. The third-order valence-electron chi connectivity index (χ3n) is 2.94. The number of hydrogen-bond acceptors (Lipinski definition) is 4. The van der Waals surface area contributed by atoms with Crippen molar-refractivity contribution in [2.45, 2.75) is 26.8 Å². The van der Waals surface area contributed by atoms with E-state index in [1.54, 1.807) is 28.4 Å². The maximum Gasteiger partial charge on any atom is 0.252 e. The molecule has 2 heterocycles. The van der Waals surface area contributed by atoms with Gasteiger partial charge in [0.1, 0.15) is 5.82 Å². The molecule has 0 aliphatic rings. The largest absolute Gasteiger partial charge is 0.351 e. The lowest BCUT2D eigenvalue weighted by molar-refractivity contribution is -0.116. The zero-order chi connectivity index (χ0) is 15.9. The van der Waals surface area contributed by atoms with Crippen LogP contribution in [-0.4, -0.2) is 28.1 Å². The molecular formula is C15H20N4O2S. The van der Waals surface area contributed by atoms with Gasteiger partial charge in [-0.2, -0.15) is 16.4 Å². The number of carbonyl (C=O) groups is 2. The van der Waals surface area contributed by atoms with E-state index in [0.717, 1.165) is 6.54 Å². The smallest absolute Gasteiger partial charge is 0.252 e. The number of aromatic nitrogens is 2. The van der Waals surface area contributed by atoms with Crippen molar-refractivity contribution in [3.05, 3.63) is 34.7 Å². The summed E-state index contributed by atoms with van der Waals surface area (Å²) in [5.41, 5.74) is 0.625. The van der Waals surface area contributed by atoms with Crippen molar-refractivity contribution in [2.24, 2.45) is 5.92 Å². The predicted molar refractivity (Wildman–Crippen MR) is 87.0 cm³/mol. The number of nitrogens with zero attached hydrogens (tertiary/aromatic N) is 2. The molecule has 2 N–H and O–H groups in total. The normalized spacial score (nSPS) is 10.7. The lowest BCUT2D eigenvalue weighted by atomic mass is 10.2. The highest BCUT2D eigenvalue weighted by Gasteiger charge is 2.10. The van der Waals surface area contributed by atoms with Gasteiger partial charge in [0.2, 0.25) is 5.91 Å². The van der Waals surface area contributed by atoms with Crippen LogP contribution in [0.1, 0.15) is 30.6 Å². The van der Waals surface area contributed by atoms with Crippen molar-refractivity contribution in [3.63, 3.8) is 0 Å². The van der Waals surface area contributed by atoms with Gasteiger partial charge in [0.05, 0.1) is 6.20 Å². The van der Waals surface area contributed by atoms with Crippen LogP contribution >= 0.6 is 11.3 Å². The quantitative estimate of drug-likeness (QED) is 0.822. The summed E-state index contributed by atoms with van der Waals surface area (Å²) in [6, 6.07) is 3.52. The highest BCUT2D eigenvalue weighted by Crippen LogP contribution is 2.09. The molecule has 0 saturated heterocycles. The van der Waals surface area contributed by atoms with Crippen molar-refractivity contribution in [1.82, 2.24) is 15.1 Å². The Bertz CT molecular complexity index is 619. The minimum absolute atomic E-state index is 0.142. The molecule has 2 rings (SSSR count). The van der Waals surface area contributed by atoms with Crippen LogP contribution in [0.3, 0.4) is 0 Å². The molecule has 6 nitrogen and oxygen atoms in total. The first-order valence-corrected chi connectivity index (χ1v) is 8.12. The molecule has 2 amide bonds. The number of amides is 2. The first-order chi connectivity index (χ1) is 10.6. The van der Waals surface area contributed by atoms with E-state index in [-0.39, 0.29) is 18.2 Å². The van der Waals surface area contributed by atoms with Gasteiger partial charge in [-0.25, -0.2) is 4.68 Å². The van der Waals surface area contributed by atoms with Gasteiger partial charge in [-0.1, -0.05) is 13.8 Å². The van der Waals surface area contributed by atoms with Gasteiger partial charge < -0.3 is 10.6 Å². The standard InChI is InChI=1S/C15H20N4O2S/c1-11(2)9-19-13(3-7-17-19)18-14(20)4-6-16-15(21)12-5-8-22-10-12/h3,5,7-8,10-11H,4,6,9H2,1-2H3,(H,16,21)(H,18,20). The average molecular weight is 320 g/mol. The van der Waals surface area contributed by atoms with E-state index in [4.69, 9.17) is 0 Å². The van der Waals surface area contributed by atoms with Gasteiger partial charge >= 0.3 is 0 Å². The van der Waals surface area contributed by atoms with Crippen LogP contribution in [0.15, 0.2) is 29.1 Å². The molecule has 0 atom stereocenters. The summed E-state index contributed by atoms with van der Waals surface area (Å²) in [5.74, 6) is 0.832. The molecule has 2 aromatic heterocycles. The third-order valence-corrected chi connectivity index (χ3v) is 3.63. The molecule has 0 radical (unpaired) electrons. The molecule has 0 bridgehead atoms. The first kappa shape index (κ1) is 16.2. The molecule has 0 aromatic carbocycles. The van der Waals surface area contributed by atoms with Gasteiger partial charge in [0.15, 0.2) is 0 Å². The molecule has 0 saturated carbocycles. The molecule has 2 aromatic rings. The van der Waals surface area contributed by atoms with E-state index in [1.165, 1.54) is 11.3 Å². The second kappa shape index (κ2) is 7.74. The third kappa shape index (κ3) is 4.70. The van der Waals surface area contributed by atoms with E-state index in [1.807, 2.05) is 5.38 Å². The lowest BCUT2D eigenvalue weighted by Gasteiger charge is -2.11. The summed E-state index contributed by atoms with van der Waals surface area (Å²) in [7, 11) is 0. The van der Waals surface area contributed by atoms with Crippen LogP contribution < -0.4 is 10.6 Å². The van der Waals surface area contributed by atoms with Crippen LogP contribution in [0.25, 0.3) is 0 Å². The monoisotopic (exact) mass is 320 g/mol. The minimum atomic E-state index is -0.154. The molecule has 0 spiro atoms. The highest BCUT2D eigenvalue weighted by molar-refractivity contribution is 7.08. The van der Waals surface area contributed by atoms with E-state index >= 15 is 0 Å². The molecule has 0 aliphatic heterocycles. The molecule has 0 fully saturated rings. The zero-order valence-electron chi connectivity index (χ0n) is 12.7. The van der Waals surface area contributed by atoms with Crippen LogP contribution in [0.4, 0.5) is 5.82 Å². The van der Waals surface area contributed by atoms with Gasteiger partial charge in [-0.3, -0.25) is 9.59 Å². The Morgan fingerprint density at radius 1 is 1.36 bits per heavy atom. The van der Waals surface area contributed by atoms with Crippen molar-refractivity contribution in [1.29, 1.82) is 0 Å². The summed E-state index contributed by atoms with van der Waals surface area (Å²) in [6.45, 7) is 5.23. The van der Waals surface area contributed by atoms with Crippen molar-refractivity contribution < 1.29 is 9.59 Å². The molecular weight excluding hydrogens is 300 g/mol. The van der Waals surface area contributed by atoms with Crippen molar-refractivity contribution in [3.8, 4) is 0 Å². The second-order valence-corrected chi connectivity index (χ2v) is 6.14. The predicted octanol–water partition coefficient (Wildman–Crippen LogP) is 2.36. The van der Waals surface area contributed by atoms with Gasteiger partial charge in [0, 0.05) is 36.5 Å². The van der Waals surface area contributed by atoms with Crippen LogP contribution in [0, 0.1) is 5.92 Å². The summed E-state index contributed by atoms with van der Waals surface area (Å²) in [4.78, 5) is 23.6.